The molecule has 2 heterocycles. The average molecular weight is 327 g/mol. The summed E-state index contributed by atoms with van der Waals surface area (Å²) in [5.74, 6) is 1.60. The molecule has 1 aliphatic heterocycles. The quantitative estimate of drug-likeness (QED) is 0.726. The maximum atomic E-state index is 5.04. The smallest absolute Gasteiger partial charge is 0.135 e. The van der Waals surface area contributed by atoms with Gasteiger partial charge in [0.1, 0.15) is 18.0 Å². The van der Waals surface area contributed by atoms with Crippen molar-refractivity contribution in [3.8, 4) is 0 Å². The van der Waals surface area contributed by atoms with Gasteiger partial charge in [0.2, 0.25) is 0 Å². The molecule has 6 nitrogen and oxygen atoms in total. The second kappa shape index (κ2) is 8.49. The van der Waals surface area contributed by atoms with Crippen molar-refractivity contribution in [1.82, 2.24) is 9.97 Å². The lowest BCUT2D eigenvalue weighted by Crippen LogP contribution is -2.17. The number of nitrogens with one attached hydrogen (secondary N) is 2. The van der Waals surface area contributed by atoms with E-state index in [1.807, 2.05) is 6.07 Å². The summed E-state index contributed by atoms with van der Waals surface area (Å²) in [7, 11) is 1.71. The van der Waals surface area contributed by atoms with Crippen LogP contribution < -0.4 is 15.5 Å². The monoisotopic (exact) mass is 327 g/mol. The fourth-order valence-corrected chi connectivity index (χ4v) is 2.83. The molecule has 0 unspecified atom stereocenters. The molecule has 0 saturated carbocycles. The summed E-state index contributed by atoms with van der Waals surface area (Å²) in [5.41, 5.74) is 2.32. The van der Waals surface area contributed by atoms with Gasteiger partial charge in [-0.1, -0.05) is 0 Å². The van der Waals surface area contributed by atoms with Crippen LogP contribution in [0.25, 0.3) is 0 Å². The molecule has 24 heavy (non-hydrogen) atoms. The largest absolute Gasteiger partial charge is 0.385 e. The lowest BCUT2D eigenvalue weighted by Gasteiger charge is -2.18. The van der Waals surface area contributed by atoms with Crippen LogP contribution in [0.4, 0.5) is 23.0 Å². The van der Waals surface area contributed by atoms with Crippen molar-refractivity contribution >= 4 is 23.0 Å². The minimum absolute atomic E-state index is 0.743. The highest BCUT2D eigenvalue weighted by Crippen LogP contribution is 2.23. The predicted molar refractivity (Wildman–Crippen MR) is 98.2 cm³/mol. The Morgan fingerprint density at radius 3 is 2.58 bits per heavy atom. The highest BCUT2D eigenvalue weighted by molar-refractivity contribution is 5.62. The first-order valence-electron chi connectivity index (χ1n) is 8.52. The second-order valence-electron chi connectivity index (χ2n) is 5.93. The number of methoxy groups -OCH3 is 1. The molecule has 0 aliphatic carbocycles. The van der Waals surface area contributed by atoms with Gasteiger partial charge in [-0.05, 0) is 43.5 Å². The highest BCUT2D eigenvalue weighted by atomic mass is 16.5. The van der Waals surface area contributed by atoms with Crippen LogP contribution in [0.5, 0.6) is 0 Å². The molecule has 1 aromatic carbocycles. The number of nitrogens with zero attached hydrogens (tertiary/aromatic N) is 3. The first-order valence-corrected chi connectivity index (χ1v) is 8.52. The van der Waals surface area contributed by atoms with Gasteiger partial charge in [0.25, 0.3) is 0 Å². The fraction of sp³-hybridized carbons (Fsp3) is 0.444. The van der Waals surface area contributed by atoms with E-state index in [1.54, 1.807) is 13.4 Å². The third kappa shape index (κ3) is 4.58. The van der Waals surface area contributed by atoms with Gasteiger partial charge in [-0.3, -0.25) is 0 Å². The molecule has 3 rings (SSSR count). The number of ether oxygens (including phenoxy) is 1. The third-order valence-electron chi connectivity index (χ3n) is 4.11. The molecule has 0 amide bonds. The molecular formula is C18H25N5O. The minimum Gasteiger partial charge on any atom is -0.385 e. The van der Waals surface area contributed by atoms with Crippen LogP contribution in [0.15, 0.2) is 36.7 Å². The first kappa shape index (κ1) is 16.5. The van der Waals surface area contributed by atoms with Crippen LogP contribution in [0.1, 0.15) is 19.3 Å². The van der Waals surface area contributed by atoms with Gasteiger partial charge in [-0.25, -0.2) is 9.97 Å². The van der Waals surface area contributed by atoms with E-state index in [-0.39, 0.29) is 0 Å². The summed E-state index contributed by atoms with van der Waals surface area (Å²) in [5, 5.41) is 6.60. The maximum absolute atomic E-state index is 5.04. The number of aromatic nitrogens is 2. The van der Waals surface area contributed by atoms with Crippen molar-refractivity contribution in [2.45, 2.75) is 19.3 Å². The van der Waals surface area contributed by atoms with E-state index in [1.165, 1.54) is 18.5 Å². The van der Waals surface area contributed by atoms with E-state index < -0.39 is 0 Å². The Morgan fingerprint density at radius 1 is 1.08 bits per heavy atom. The number of benzene rings is 1. The van der Waals surface area contributed by atoms with Gasteiger partial charge >= 0.3 is 0 Å². The fourth-order valence-electron chi connectivity index (χ4n) is 2.83. The van der Waals surface area contributed by atoms with Crippen molar-refractivity contribution in [2.75, 3.05) is 48.9 Å². The van der Waals surface area contributed by atoms with Crippen molar-refractivity contribution in [2.24, 2.45) is 0 Å². The molecule has 6 heteroatoms. The Morgan fingerprint density at radius 2 is 1.83 bits per heavy atom. The topological polar surface area (TPSA) is 62.3 Å². The Balaban J connectivity index is 1.57. The molecule has 1 aromatic heterocycles. The summed E-state index contributed by atoms with van der Waals surface area (Å²) >= 11 is 0. The van der Waals surface area contributed by atoms with Crippen molar-refractivity contribution in [3.63, 3.8) is 0 Å². The predicted octanol–water partition coefficient (Wildman–Crippen LogP) is 3.27. The van der Waals surface area contributed by atoms with Crippen LogP contribution >= 0.6 is 0 Å². The van der Waals surface area contributed by atoms with Gasteiger partial charge in [0.05, 0.1) is 0 Å². The number of rotatable bonds is 8. The van der Waals surface area contributed by atoms with E-state index in [9.17, 15) is 0 Å². The molecule has 128 valence electrons. The molecule has 0 atom stereocenters. The first-order chi connectivity index (χ1) is 11.8. The maximum Gasteiger partial charge on any atom is 0.135 e. The van der Waals surface area contributed by atoms with Crippen LogP contribution in [-0.2, 0) is 4.74 Å². The Bertz CT molecular complexity index is 626. The molecule has 2 aromatic rings. The van der Waals surface area contributed by atoms with Gasteiger partial charge in [-0.2, -0.15) is 0 Å². The lowest BCUT2D eigenvalue weighted by atomic mass is 10.2. The van der Waals surface area contributed by atoms with E-state index in [0.717, 1.165) is 50.0 Å². The Kier molecular flexibility index (Phi) is 5.85. The van der Waals surface area contributed by atoms with Crippen molar-refractivity contribution in [1.29, 1.82) is 0 Å². The van der Waals surface area contributed by atoms with E-state index in [4.69, 9.17) is 4.74 Å². The summed E-state index contributed by atoms with van der Waals surface area (Å²) in [6.07, 6.45) is 5.10. The molecule has 1 fully saturated rings. The number of hydrogen-bond donors (Lipinski definition) is 2. The van der Waals surface area contributed by atoms with Crippen LogP contribution in [-0.4, -0.2) is 43.3 Å². The Labute approximate surface area is 143 Å². The number of anilines is 4. The van der Waals surface area contributed by atoms with Crippen molar-refractivity contribution in [3.05, 3.63) is 36.7 Å². The summed E-state index contributed by atoms with van der Waals surface area (Å²) < 4.78 is 5.04. The zero-order valence-corrected chi connectivity index (χ0v) is 14.2. The summed E-state index contributed by atoms with van der Waals surface area (Å²) in [4.78, 5) is 10.9. The van der Waals surface area contributed by atoms with E-state index in [0.29, 0.717) is 0 Å². The van der Waals surface area contributed by atoms with Crippen LogP contribution in [0, 0.1) is 0 Å². The van der Waals surface area contributed by atoms with Crippen molar-refractivity contribution < 1.29 is 4.74 Å². The average Bonchev–Trinajstić information content (AvgIpc) is 3.14. The Hall–Kier alpha value is -2.34. The zero-order chi connectivity index (χ0) is 16.6. The lowest BCUT2D eigenvalue weighted by molar-refractivity contribution is 0.198. The van der Waals surface area contributed by atoms with Crippen LogP contribution in [0.3, 0.4) is 0 Å². The zero-order valence-electron chi connectivity index (χ0n) is 14.2. The SMILES string of the molecule is COCCCNc1cc(Nc2ccc(N3CCCC3)cc2)ncn1. The van der Waals surface area contributed by atoms with E-state index >= 15 is 0 Å². The molecular weight excluding hydrogens is 302 g/mol. The molecule has 1 aliphatic rings. The van der Waals surface area contributed by atoms with Gasteiger partial charge in [0.15, 0.2) is 0 Å². The third-order valence-corrected chi connectivity index (χ3v) is 4.11. The molecule has 0 spiro atoms. The summed E-state index contributed by atoms with van der Waals surface area (Å²) in [6, 6.07) is 10.4. The summed E-state index contributed by atoms with van der Waals surface area (Å²) in [6.45, 7) is 3.90. The molecule has 0 radical (unpaired) electrons. The minimum atomic E-state index is 0.743. The molecule has 2 N–H and O–H groups in total. The van der Waals surface area contributed by atoms with Gasteiger partial charge in [0, 0.05) is 50.8 Å². The standard InChI is InChI=1S/C18H25N5O/c1-24-12-4-9-19-17-13-18(21-14-20-17)22-15-5-7-16(8-6-15)23-10-2-3-11-23/h5-8,13-14H,2-4,9-12H2,1H3,(H2,19,20,21,22). The molecule has 1 saturated heterocycles. The normalized spacial score (nSPS) is 14.0. The van der Waals surface area contributed by atoms with Gasteiger partial charge in [-0.15, -0.1) is 0 Å². The van der Waals surface area contributed by atoms with Crippen LogP contribution in [0.2, 0.25) is 0 Å². The van der Waals surface area contributed by atoms with Gasteiger partial charge < -0.3 is 20.3 Å². The highest BCUT2D eigenvalue weighted by Gasteiger charge is 2.11. The second-order valence-corrected chi connectivity index (χ2v) is 5.93. The molecule has 0 bridgehead atoms. The number of hydrogen-bond acceptors (Lipinski definition) is 6. The van der Waals surface area contributed by atoms with E-state index in [2.05, 4.69) is 49.8 Å².